The molecule has 0 bridgehead atoms. The molecule has 6 nitrogen and oxygen atoms in total. The number of H-pyrrole nitrogens is 1. The number of aromatic nitrogens is 1. The smallest absolute Gasteiger partial charge is 0.242 e. The minimum atomic E-state index is -0.471. The fourth-order valence-electron chi connectivity index (χ4n) is 3.31. The van der Waals surface area contributed by atoms with Crippen LogP contribution < -0.4 is 14.8 Å². The van der Waals surface area contributed by atoms with Gasteiger partial charge >= 0.3 is 0 Å². The molecule has 2 heterocycles. The second kappa shape index (κ2) is 6.92. The zero-order valence-corrected chi connectivity index (χ0v) is 15.1. The van der Waals surface area contributed by atoms with Gasteiger partial charge in [-0.2, -0.15) is 0 Å². The number of aromatic amines is 1. The molecule has 1 aliphatic heterocycles. The summed E-state index contributed by atoms with van der Waals surface area (Å²) in [4.78, 5) is 17.9. The average molecular weight is 369 g/mol. The van der Waals surface area contributed by atoms with Crippen LogP contribution in [0.15, 0.2) is 42.5 Å². The number of amides is 1. The largest absolute Gasteiger partial charge is 0.454 e. The van der Waals surface area contributed by atoms with Crippen LogP contribution in [0.25, 0.3) is 10.9 Å². The van der Waals surface area contributed by atoms with Crippen LogP contribution in [0.4, 0.5) is 4.39 Å². The Hall–Kier alpha value is -3.06. The lowest BCUT2D eigenvalue weighted by Crippen LogP contribution is -2.36. The first-order valence-electron chi connectivity index (χ1n) is 8.62. The average Bonchev–Trinajstić information content (AvgIpc) is 3.25. The number of carbonyl (C=O) groups is 1. The predicted molar refractivity (Wildman–Crippen MR) is 99.1 cm³/mol. The van der Waals surface area contributed by atoms with Crippen LogP contribution in [0.3, 0.4) is 0 Å². The molecule has 0 spiro atoms. The fraction of sp³-hybridized carbons (Fsp3) is 0.250. The van der Waals surface area contributed by atoms with E-state index >= 15 is 0 Å². The lowest BCUT2D eigenvalue weighted by Gasteiger charge is -2.24. The SMILES string of the molecule is CN(C)[C@@H](C(=O)NCc1cc2cc(F)ccc2[nH]1)c1ccc2c(c1)OCO2. The summed E-state index contributed by atoms with van der Waals surface area (Å²) in [6, 6.07) is 11.4. The minimum absolute atomic E-state index is 0.135. The van der Waals surface area contributed by atoms with Crippen LogP contribution in [0.1, 0.15) is 17.3 Å². The highest BCUT2D eigenvalue weighted by Crippen LogP contribution is 2.35. The number of nitrogens with one attached hydrogen (secondary N) is 2. The van der Waals surface area contributed by atoms with E-state index in [0.717, 1.165) is 22.2 Å². The monoisotopic (exact) mass is 369 g/mol. The van der Waals surface area contributed by atoms with E-state index in [2.05, 4.69) is 10.3 Å². The van der Waals surface area contributed by atoms with Crippen molar-refractivity contribution >= 4 is 16.8 Å². The van der Waals surface area contributed by atoms with Gasteiger partial charge in [0, 0.05) is 16.6 Å². The number of carbonyl (C=O) groups excluding carboxylic acids is 1. The van der Waals surface area contributed by atoms with Crippen LogP contribution >= 0.6 is 0 Å². The molecule has 0 saturated carbocycles. The third-order valence-corrected chi connectivity index (χ3v) is 4.57. The van der Waals surface area contributed by atoms with Crippen molar-refractivity contribution < 1.29 is 18.7 Å². The standard InChI is InChI=1S/C20H20FN3O3/c1-24(2)19(12-3-6-17-18(9-12)27-11-26-17)20(25)22-10-15-8-13-7-14(21)4-5-16(13)23-15/h3-9,19,23H,10-11H2,1-2H3,(H,22,25)/t19-/m1/s1. The summed E-state index contributed by atoms with van der Waals surface area (Å²) in [7, 11) is 3.70. The van der Waals surface area contributed by atoms with Crippen molar-refractivity contribution in [3.05, 3.63) is 59.5 Å². The molecule has 3 aromatic rings. The van der Waals surface area contributed by atoms with Gasteiger partial charge in [0.25, 0.3) is 0 Å². The van der Waals surface area contributed by atoms with Gasteiger partial charge < -0.3 is 19.8 Å². The van der Waals surface area contributed by atoms with Crippen molar-refractivity contribution in [2.45, 2.75) is 12.6 Å². The zero-order chi connectivity index (χ0) is 19.0. The molecule has 0 aliphatic carbocycles. The van der Waals surface area contributed by atoms with E-state index in [1.807, 2.05) is 43.3 Å². The summed E-state index contributed by atoms with van der Waals surface area (Å²) in [5, 5.41) is 3.72. The number of fused-ring (bicyclic) bond motifs is 2. The molecule has 7 heteroatoms. The lowest BCUT2D eigenvalue weighted by atomic mass is 10.0. The molecule has 0 fully saturated rings. The summed E-state index contributed by atoms with van der Waals surface area (Å²) in [6.45, 7) is 0.516. The number of halogens is 1. The molecule has 1 aliphatic rings. The van der Waals surface area contributed by atoms with Crippen LogP contribution in [-0.4, -0.2) is 36.7 Å². The first-order chi connectivity index (χ1) is 13.0. The van der Waals surface area contributed by atoms with Crippen molar-refractivity contribution in [3.8, 4) is 11.5 Å². The molecule has 4 rings (SSSR count). The number of likely N-dealkylation sites (N-methyl/N-ethyl adjacent to an activating group) is 1. The normalized spacial score (nSPS) is 13.9. The Kier molecular flexibility index (Phi) is 4.45. The highest BCUT2D eigenvalue weighted by molar-refractivity contribution is 5.84. The predicted octanol–water partition coefficient (Wildman–Crippen LogP) is 2.95. The Morgan fingerprint density at radius 2 is 2.00 bits per heavy atom. The van der Waals surface area contributed by atoms with E-state index < -0.39 is 6.04 Å². The van der Waals surface area contributed by atoms with E-state index in [0.29, 0.717) is 18.0 Å². The van der Waals surface area contributed by atoms with Crippen molar-refractivity contribution in [2.75, 3.05) is 20.9 Å². The van der Waals surface area contributed by atoms with Crippen LogP contribution in [0, 0.1) is 5.82 Å². The van der Waals surface area contributed by atoms with Gasteiger partial charge in [0.2, 0.25) is 12.7 Å². The highest BCUT2D eigenvalue weighted by Gasteiger charge is 2.25. The molecule has 0 unspecified atom stereocenters. The maximum absolute atomic E-state index is 13.3. The third-order valence-electron chi connectivity index (χ3n) is 4.57. The summed E-state index contributed by atoms with van der Waals surface area (Å²) in [5.41, 5.74) is 2.47. The molecule has 0 saturated heterocycles. The summed E-state index contributed by atoms with van der Waals surface area (Å²) in [6.07, 6.45) is 0. The van der Waals surface area contributed by atoms with Gasteiger partial charge in [0.05, 0.1) is 6.54 Å². The summed E-state index contributed by atoms with van der Waals surface area (Å²) >= 11 is 0. The van der Waals surface area contributed by atoms with Crippen molar-refractivity contribution in [1.29, 1.82) is 0 Å². The van der Waals surface area contributed by atoms with E-state index in [4.69, 9.17) is 9.47 Å². The van der Waals surface area contributed by atoms with Gasteiger partial charge in [-0.3, -0.25) is 9.69 Å². The summed E-state index contributed by atoms with van der Waals surface area (Å²) < 4.78 is 24.1. The first-order valence-corrected chi connectivity index (χ1v) is 8.62. The molecule has 1 atom stereocenters. The van der Waals surface area contributed by atoms with Crippen molar-refractivity contribution in [2.24, 2.45) is 0 Å². The third kappa shape index (κ3) is 3.46. The molecule has 1 aromatic heterocycles. The van der Waals surface area contributed by atoms with Gasteiger partial charge in [0.1, 0.15) is 11.9 Å². The quantitative estimate of drug-likeness (QED) is 0.726. The molecular weight excluding hydrogens is 349 g/mol. The topological polar surface area (TPSA) is 66.6 Å². The second-order valence-electron chi connectivity index (χ2n) is 6.72. The van der Waals surface area contributed by atoms with Crippen LogP contribution in [0.5, 0.6) is 11.5 Å². The lowest BCUT2D eigenvalue weighted by molar-refractivity contribution is -0.126. The van der Waals surface area contributed by atoms with Crippen LogP contribution in [0.2, 0.25) is 0 Å². The van der Waals surface area contributed by atoms with E-state index in [1.165, 1.54) is 12.1 Å². The fourth-order valence-corrected chi connectivity index (χ4v) is 3.31. The van der Waals surface area contributed by atoms with Gasteiger partial charge in [-0.25, -0.2) is 4.39 Å². The molecule has 0 radical (unpaired) electrons. The van der Waals surface area contributed by atoms with E-state index in [1.54, 1.807) is 6.07 Å². The molecule has 140 valence electrons. The number of nitrogens with zero attached hydrogens (tertiary/aromatic N) is 1. The number of benzene rings is 2. The van der Waals surface area contributed by atoms with Gasteiger partial charge in [-0.05, 0) is 56.1 Å². The molecule has 1 amide bonds. The first kappa shape index (κ1) is 17.4. The van der Waals surface area contributed by atoms with Crippen molar-refractivity contribution in [3.63, 3.8) is 0 Å². The Labute approximate surface area is 155 Å². The Bertz CT molecular complexity index is 999. The number of hydrogen-bond acceptors (Lipinski definition) is 4. The number of hydrogen-bond donors (Lipinski definition) is 2. The maximum Gasteiger partial charge on any atom is 0.242 e. The van der Waals surface area contributed by atoms with E-state index in [-0.39, 0.29) is 18.5 Å². The maximum atomic E-state index is 13.3. The molecule has 2 N–H and O–H groups in total. The number of rotatable bonds is 5. The molecular formula is C20H20FN3O3. The van der Waals surface area contributed by atoms with Gasteiger partial charge in [-0.15, -0.1) is 0 Å². The minimum Gasteiger partial charge on any atom is -0.454 e. The van der Waals surface area contributed by atoms with Crippen LogP contribution in [-0.2, 0) is 11.3 Å². The van der Waals surface area contributed by atoms with Gasteiger partial charge in [-0.1, -0.05) is 6.07 Å². The summed E-state index contributed by atoms with van der Waals surface area (Å²) in [5.74, 6) is 0.906. The Morgan fingerprint density at radius 1 is 1.19 bits per heavy atom. The molecule has 27 heavy (non-hydrogen) atoms. The van der Waals surface area contributed by atoms with Crippen molar-refractivity contribution in [1.82, 2.24) is 15.2 Å². The number of ether oxygens (including phenoxy) is 2. The second-order valence-corrected chi connectivity index (χ2v) is 6.72. The Morgan fingerprint density at radius 3 is 2.81 bits per heavy atom. The van der Waals surface area contributed by atoms with E-state index in [9.17, 15) is 9.18 Å². The molecule has 2 aromatic carbocycles. The Balaban J connectivity index is 1.50. The zero-order valence-electron chi connectivity index (χ0n) is 15.1. The van der Waals surface area contributed by atoms with Gasteiger partial charge in [0.15, 0.2) is 11.5 Å². The highest BCUT2D eigenvalue weighted by atomic mass is 19.1.